The summed E-state index contributed by atoms with van der Waals surface area (Å²) >= 11 is 0. The van der Waals surface area contributed by atoms with Crippen molar-refractivity contribution in [1.82, 2.24) is 4.90 Å². The Hall–Kier alpha value is -0.570. The Kier molecular flexibility index (Phi) is 6.54. The second-order valence-electron chi connectivity index (χ2n) is 4.15. The van der Waals surface area contributed by atoms with Crippen LogP contribution >= 0.6 is 0 Å². The number of carbonyl (C=O) groups is 1. The van der Waals surface area contributed by atoms with Crippen LogP contribution in [0.25, 0.3) is 0 Å². The first-order valence-corrected chi connectivity index (χ1v) is 5.57. The van der Waals surface area contributed by atoms with E-state index in [0.29, 0.717) is 5.92 Å². The van der Waals surface area contributed by atoms with Crippen LogP contribution in [0.5, 0.6) is 0 Å². The minimum Gasteiger partial charge on any atom is -0.342 e. The van der Waals surface area contributed by atoms with Gasteiger partial charge in [0.2, 0.25) is 5.91 Å². The maximum absolute atomic E-state index is 11.8. The van der Waals surface area contributed by atoms with E-state index in [-0.39, 0.29) is 11.9 Å². The van der Waals surface area contributed by atoms with Gasteiger partial charge in [0.1, 0.15) is 0 Å². The molecular weight excluding hydrogens is 176 g/mol. The van der Waals surface area contributed by atoms with E-state index in [4.69, 9.17) is 5.73 Å². The molecule has 2 N–H and O–H groups in total. The molecule has 0 unspecified atom stereocenters. The number of hydrogen-bond donors (Lipinski definition) is 1. The van der Waals surface area contributed by atoms with Crippen LogP contribution in [0.3, 0.4) is 0 Å². The van der Waals surface area contributed by atoms with Crippen molar-refractivity contribution in [2.45, 2.75) is 46.6 Å². The number of likely N-dealkylation sites (N-methyl/N-ethyl adjacent to an activating group) is 1. The third kappa shape index (κ3) is 4.61. The Morgan fingerprint density at radius 2 is 1.93 bits per heavy atom. The number of nitrogens with zero attached hydrogens (tertiary/aromatic N) is 1. The fourth-order valence-electron chi connectivity index (χ4n) is 1.54. The Morgan fingerprint density at radius 1 is 1.36 bits per heavy atom. The Morgan fingerprint density at radius 3 is 2.29 bits per heavy atom. The molecule has 0 fully saturated rings. The van der Waals surface area contributed by atoms with Gasteiger partial charge in [0.05, 0.1) is 6.04 Å². The van der Waals surface area contributed by atoms with E-state index in [9.17, 15) is 4.79 Å². The fraction of sp³-hybridized carbons (Fsp3) is 0.909. The molecule has 0 saturated heterocycles. The molecule has 0 aromatic rings. The van der Waals surface area contributed by atoms with Crippen LogP contribution in [0.15, 0.2) is 0 Å². The largest absolute Gasteiger partial charge is 0.342 e. The molecule has 0 radical (unpaired) electrons. The lowest BCUT2D eigenvalue weighted by molar-refractivity contribution is -0.132. The highest BCUT2D eigenvalue weighted by atomic mass is 16.2. The molecule has 3 nitrogen and oxygen atoms in total. The zero-order valence-electron chi connectivity index (χ0n) is 9.92. The molecule has 0 aliphatic heterocycles. The molecule has 0 saturated carbocycles. The summed E-state index contributed by atoms with van der Waals surface area (Å²) in [4.78, 5) is 13.6. The van der Waals surface area contributed by atoms with E-state index in [2.05, 4.69) is 20.8 Å². The van der Waals surface area contributed by atoms with Gasteiger partial charge in [-0.15, -0.1) is 0 Å². The molecule has 0 aromatic carbocycles. The summed E-state index contributed by atoms with van der Waals surface area (Å²) in [7, 11) is 0. The molecule has 0 aromatic heterocycles. The summed E-state index contributed by atoms with van der Waals surface area (Å²) in [5.74, 6) is 0.581. The molecule has 0 spiro atoms. The standard InChI is InChI=1S/C11H24N2O/c1-5-7-13(6-2)11(14)10(12)8-9(3)4/h9-10H,5-8,12H2,1-4H3/t10-/m1/s1. The van der Waals surface area contributed by atoms with Crippen LogP contribution in [0.1, 0.15) is 40.5 Å². The van der Waals surface area contributed by atoms with Crippen molar-refractivity contribution >= 4 is 5.91 Å². The van der Waals surface area contributed by atoms with Gasteiger partial charge < -0.3 is 10.6 Å². The van der Waals surface area contributed by atoms with Gasteiger partial charge in [0.25, 0.3) is 0 Å². The smallest absolute Gasteiger partial charge is 0.239 e. The van der Waals surface area contributed by atoms with E-state index in [1.807, 2.05) is 11.8 Å². The zero-order valence-corrected chi connectivity index (χ0v) is 9.92. The van der Waals surface area contributed by atoms with Crippen molar-refractivity contribution in [3.8, 4) is 0 Å². The van der Waals surface area contributed by atoms with Gasteiger partial charge in [-0.3, -0.25) is 4.79 Å². The highest BCUT2D eigenvalue weighted by Gasteiger charge is 2.19. The van der Waals surface area contributed by atoms with E-state index in [0.717, 1.165) is 25.9 Å². The quantitative estimate of drug-likeness (QED) is 0.708. The molecule has 0 aliphatic carbocycles. The van der Waals surface area contributed by atoms with E-state index in [1.54, 1.807) is 0 Å². The molecule has 1 amide bonds. The molecule has 3 heteroatoms. The predicted octanol–water partition coefficient (Wildman–Crippen LogP) is 1.62. The molecule has 14 heavy (non-hydrogen) atoms. The third-order valence-corrected chi connectivity index (χ3v) is 2.23. The van der Waals surface area contributed by atoms with E-state index in [1.165, 1.54) is 0 Å². The topological polar surface area (TPSA) is 46.3 Å². The van der Waals surface area contributed by atoms with Crippen molar-refractivity contribution in [2.75, 3.05) is 13.1 Å². The van der Waals surface area contributed by atoms with Crippen molar-refractivity contribution in [1.29, 1.82) is 0 Å². The van der Waals surface area contributed by atoms with Gasteiger partial charge in [-0.2, -0.15) is 0 Å². The first-order valence-electron chi connectivity index (χ1n) is 5.57. The van der Waals surface area contributed by atoms with Gasteiger partial charge in [-0.1, -0.05) is 20.8 Å². The Bertz CT molecular complexity index is 169. The summed E-state index contributed by atoms with van der Waals surface area (Å²) in [5, 5.41) is 0. The lowest BCUT2D eigenvalue weighted by atomic mass is 10.0. The predicted molar refractivity (Wildman–Crippen MR) is 60.0 cm³/mol. The maximum atomic E-state index is 11.8. The molecule has 84 valence electrons. The average Bonchev–Trinajstić information content (AvgIpc) is 2.12. The van der Waals surface area contributed by atoms with Gasteiger partial charge in [-0.05, 0) is 25.7 Å². The van der Waals surface area contributed by atoms with Crippen LogP contribution in [0.4, 0.5) is 0 Å². The van der Waals surface area contributed by atoms with Gasteiger partial charge in [-0.25, -0.2) is 0 Å². The molecule has 0 aliphatic rings. The van der Waals surface area contributed by atoms with Crippen molar-refractivity contribution in [3.63, 3.8) is 0 Å². The summed E-state index contributed by atoms with van der Waals surface area (Å²) in [6, 6.07) is -0.318. The molecular formula is C11H24N2O. The number of carbonyl (C=O) groups excluding carboxylic acids is 1. The Balaban J connectivity index is 4.12. The average molecular weight is 200 g/mol. The maximum Gasteiger partial charge on any atom is 0.239 e. The van der Waals surface area contributed by atoms with E-state index < -0.39 is 0 Å². The molecule has 0 heterocycles. The molecule has 1 atom stereocenters. The minimum absolute atomic E-state index is 0.100. The summed E-state index contributed by atoms with van der Waals surface area (Å²) in [6.07, 6.45) is 1.77. The van der Waals surface area contributed by atoms with Crippen LogP contribution in [0.2, 0.25) is 0 Å². The van der Waals surface area contributed by atoms with Gasteiger partial charge >= 0.3 is 0 Å². The molecule has 0 bridgehead atoms. The van der Waals surface area contributed by atoms with Crippen molar-refractivity contribution in [3.05, 3.63) is 0 Å². The van der Waals surface area contributed by atoms with Crippen molar-refractivity contribution < 1.29 is 4.79 Å². The summed E-state index contributed by atoms with van der Waals surface area (Å²) < 4.78 is 0. The SMILES string of the molecule is CCCN(CC)C(=O)[C@H](N)CC(C)C. The lowest BCUT2D eigenvalue weighted by Gasteiger charge is -2.24. The van der Waals surface area contributed by atoms with Crippen LogP contribution in [0, 0.1) is 5.92 Å². The first kappa shape index (κ1) is 13.4. The van der Waals surface area contributed by atoms with Crippen LogP contribution in [-0.2, 0) is 4.79 Å². The zero-order chi connectivity index (χ0) is 11.1. The van der Waals surface area contributed by atoms with E-state index >= 15 is 0 Å². The minimum atomic E-state index is -0.318. The first-order chi connectivity index (χ1) is 6.52. The highest BCUT2D eigenvalue weighted by Crippen LogP contribution is 2.06. The molecule has 0 rings (SSSR count). The second-order valence-corrected chi connectivity index (χ2v) is 4.15. The summed E-state index contributed by atoms with van der Waals surface area (Å²) in [5.41, 5.74) is 5.83. The third-order valence-electron chi connectivity index (χ3n) is 2.23. The number of nitrogens with two attached hydrogens (primary N) is 1. The van der Waals surface area contributed by atoms with Crippen LogP contribution in [-0.4, -0.2) is 29.9 Å². The second kappa shape index (κ2) is 6.82. The number of amides is 1. The van der Waals surface area contributed by atoms with Crippen LogP contribution < -0.4 is 5.73 Å². The van der Waals surface area contributed by atoms with Crippen molar-refractivity contribution in [2.24, 2.45) is 11.7 Å². The fourth-order valence-corrected chi connectivity index (χ4v) is 1.54. The highest BCUT2D eigenvalue weighted by molar-refractivity contribution is 5.81. The number of rotatable bonds is 6. The van der Waals surface area contributed by atoms with Gasteiger partial charge in [0, 0.05) is 13.1 Å². The lowest BCUT2D eigenvalue weighted by Crippen LogP contribution is -2.44. The normalized spacial score (nSPS) is 13.0. The summed E-state index contributed by atoms with van der Waals surface area (Å²) in [6.45, 7) is 9.83. The Labute approximate surface area is 87.6 Å². The van der Waals surface area contributed by atoms with Gasteiger partial charge in [0.15, 0.2) is 0 Å². The monoisotopic (exact) mass is 200 g/mol. The number of hydrogen-bond acceptors (Lipinski definition) is 2.